The summed E-state index contributed by atoms with van der Waals surface area (Å²) in [7, 11) is 0. The highest BCUT2D eigenvalue weighted by Gasteiger charge is 2.26. The van der Waals surface area contributed by atoms with E-state index in [1.165, 1.54) is 0 Å². The summed E-state index contributed by atoms with van der Waals surface area (Å²) in [5.74, 6) is -0.966. The molecule has 0 aliphatic rings. The highest BCUT2D eigenvalue weighted by Crippen LogP contribution is 2.34. The number of carbonyl (C=O) groups excluding carboxylic acids is 2. The number of carbonyl (C=O) groups is 2. The van der Waals surface area contributed by atoms with Crippen LogP contribution in [0, 0.1) is 6.92 Å². The first-order valence-corrected chi connectivity index (χ1v) is 10.1. The van der Waals surface area contributed by atoms with Crippen molar-refractivity contribution in [2.75, 3.05) is 18.5 Å². The quantitative estimate of drug-likeness (QED) is 0.526. The van der Waals surface area contributed by atoms with Crippen LogP contribution in [-0.4, -0.2) is 30.3 Å². The standard InChI is InChI=1S/C17H20N2O4S3/c1-4-22-15(20)12-10(3)13(16(21)23-5-2)26-14(12)19-17(24)18-9-11-7-6-8-25-11/h6-8H,4-5,9H2,1-3H3,(H2,18,19,24). The minimum atomic E-state index is -0.500. The van der Waals surface area contributed by atoms with Crippen LogP contribution in [0.4, 0.5) is 5.00 Å². The van der Waals surface area contributed by atoms with E-state index < -0.39 is 11.9 Å². The summed E-state index contributed by atoms with van der Waals surface area (Å²) in [5, 5.41) is 8.90. The van der Waals surface area contributed by atoms with Gasteiger partial charge in [0.25, 0.3) is 0 Å². The Morgan fingerprint density at radius 1 is 1.19 bits per heavy atom. The molecule has 2 rings (SSSR count). The lowest BCUT2D eigenvalue weighted by molar-refractivity contribution is 0.0527. The van der Waals surface area contributed by atoms with E-state index in [0.717, 1.165) is 16.2 Å². The van der Waals surface area contributed by atoms with Gasteiger partial charge in [-0.2, -0.15) is 0 Å². The first kappa shape index (κ1) is 20.3. The number of anilines is 1. The molecule has 2 aromatic rings. The molecule has 0 saturated heterocycles. The molecule has 0 aliphatic heterocycles. The van der Waals surface area contributed by atoms with Gasteiger partial charge in [-0.1, -0.05) is 6.07 Å². The van der Waals surface area contributed by atoms with E-state index in [1.807, 2.05) is 17.5 Å². The van der Waals surface area contributed by atoms with Crippen molar-refractivity contribution >= 4 is 56.9 Å². The van der Waals surface area contributed by atoms with Gasteiger partial charge in [-0.05, 0) is 50.0 Å². The van der Waals surface area contributed by atoms with Crippen LogP contribution >= 0.6 is 34.9 Å². The Bertz CT molecular complexity index is 784. The van der Waals surface area contributed by atoms with Gasteiger partial charge in [-0.25, -0.2) is 9.59 Å². The van der Waals surface area contributed by atoms with Gasteiger partial charge in [0.05, 0.1) is 25.3 Å². The Labute approximate surface area is 165 Å². The molecule has 0 radical (unpaired) electrons. The van der Waals surface area contributed by atoms with Gasteiger partial charge in [-0.3, -0.25) is 0 Å². The summed E-state index contributed by atoms with van der Waals surface area (Å²) in [6.07, 6.45) is 0. The molecule has 2 heterocycles. The van der Waals surface area contributed by atoms with Crippen molar-refractivity contribution in [2.45, 2.75) is 27.3 Å². The molecule has 140 valence electrons. The first-order chi connectivity index (χ1) is 12.5. The van der Waals surface area contributed by atoms with Crippen molar-refractivity contribution in [3.8, 4) is 0 Å². The second kappa shape index (κ2) is 9.65. The summed E-state index contributed by atoms with van der Waals surface area (Å²) < 4.78 is 10.2. The number of thiocarbonyl (C=S) groups is 1. The average Bonchev–Trinajstić information content (AvgIpc) is 3.21. The molecule has 0 aromatic carbocycles. The maximum Gasteiger partial charge on any atom is 0.348 e. The van der Waals surface area contributed by atoms with Gasteiger partial charge < -0.3 is 20.1 Å². The maximum absolute atomic E-state index is 12.3. The molecule has 0 unspecified atom stereocenters. The number of thiophene rings is 2. The molecule has 0 fully saturated rings. The predicted molar refractivity (Wildman–Crippen MR) is 108 cm³/mol. The monoisotopic (exact) mass is 412 g/mol. The van der Waals surface area contributed by atoms with Crippen LogP contribution in [0.3, 0.4) is 0 Å². The van der Waals surface area contributed by atoms with Crippen LogP contribution in [0.2, 0.25) is 0 Å². The Balaban J connectivity index is 2.21. The van der Waals surface area contributed by atoms with Crippen molar-refractivity contribution in [3.63, 3.8) is 0 Å². The first-order valence-electron chi connectivity index (χ1n) is 8.02. The van der Waals surface area contributed by atoms with Crippen molar-refractivity contribution in [2.24, 2.45) is 0 Å². The fourth-order valence-electron chi connectivity index (χ4n) is 2.17. The van der Waals surface area contributed by atoms with Gasteiger partial charge in [0.2, 0.25) is 0 Å². The minimum Gasteiger partial charge on any atom is -0.462 e. The van der Waals surface area contributed by atoms with Crippen LogP contribution in [0.25, 0.3) is 0 Å². The average molecular weight is 413 g/mol. The number of rotatable bonds is 7. The topological polar surface area (TPSA) is 76.7 Å². The summed E-state index contributed by atoms with van der Waals surface area (Å²) in [4.78, 5) is 26.0. The zero-order valence-electron chi connectivity index (χ0n) is 14.7. The molecule has 9 heteroatoms. The maximum atomic E-state index is 12.3. The van der Waals surface area contributed by atoms with Crippen LogP contribution in [-0.2, 0) is 16.0 Å². The number of ether oxygens (including phenoxy) is 2. The molecule has 6 nitrogen and oxygen atoms in total. The minimum absolute atomic E-state index is 0.239. The Kier molecular flexibility index (Phi) is 7.55. The lowest BCUT2D eigenvalue weighted by Crippen LogP contribution is -2.28. The Morgan fingerprint density at radius 2 is 1.88 bits per heavy atom. The van der Waals surface area contributed by atoms with Crippen molar-refractivity contribution in [1.82, 2.24) is 5.32 Å². The second-order valence-electron chi connectivity index (χ2n) is 5.09. The van der Waals surface area contributed by atoms with Crippen LogP contribution < -0.4 is 10.6 Å². The summed E-state index contributed by atoms with van der Waals surface area (Å²) >= 11 is 8.06. The van der Waals surface area contributed by atoms with Gasteiger partial charge >= 0.3 is 11.9 Å². The third-order valence-electron chi connectivity index (χ3n) is 3.32. The molecule has 0 aliphatic carbocycles. The molecule has 0 bridgehead atoms. The van der Waals surface area contributed by atoms with E-state index in [4.69, 9.17) is 21.7 Å². The molecular formula is C17H20N2O4S3. The molecule has 0 saturated carbocycles. The fraction of sp³-hybridized carbons (Fsp3) is 0.353. The lowest BCUT2D eigenvalue weighted by atomic mass is 10.1. The van der Waals surface area contributed by atoms with E-state index in [0.29, 0.717) is 32.7 Å². The summed E-state index contributed by atoms with van der Waals surface area (Å²) in [5.41, 5.74) is 0.829. The Hall–Kier alpha value is -1.97. The van der Waals surface area contributed by atoms with Crippen molar-refractivity contribution in [3.05, 3.63) is 38.4 Å². The van der Waals surface area contributed by atoms with Gasteiger partial charge in [0.1, 0.15) is 9.88 Å². The largest absolute Gasteiger partial charge is 0.462 e. The lowest BCUT2D eigenvalue weighted by Gasteiger charge is -2.10. The third-order valence-corrected chi connectivity index (χ3v) is 5.63. The molecule has 0 amide bonds. The van der Waals surface area contributed by atoms with Crippen LogP contribution in [0.15, 0.2) is 17.5 Å². The van der Waals surface area contributed by atoms with E-state index in [2.05, 4.69) is 10.6 Å². The number of nitrogens with one attached hydrogen (secondary N) is 2. The highest BCUT2D eigenvalue weighted by atomic mass is 32.1. The van der Waals surface area contributed by atoms with Crippen LogP contribution in [0.5, 0.6) is 0 Å². The molecule has 0 atom stereocenters. The zero-order chi connectivity index (χ0) is 19.1. The van der Waals surface area contributed by atoms with E-state index in [1.54, 1.807) is 32.1 Å². The smallest absolute Gasteiger partial charge is 0.348 e. The second-order valence-corrected chi connectivity index (χ2v) is 7.55. The van der Waals surface area contributed by atoms with Crippen molar-refractivity contribution < 1.29 is 19.1 Å². The Morgan fingerprint density at radius 3 is 2.50 bits per heavy atom. The van der Waals surface area contributed by atoms with E-state index in [9.17, 15) is 9.59 Å². The fourth-order valence-corrected chi connectivity index (χ4v) is 4.15. The van der Waals surface area contributed by atoms with E-state index >= 15 is 0 Å². The SMILES string of the molecule is CCOC(=O)c1sc(NC(=S)NCc2cccs2)c(C(=O)OCC)c1C. The third kappa shape index (κ3) is 5.03. The van der Waals surface area contributed by atoms with E-state index in [-0.39, 0.29) is 13.2 Å². The molecule has 2 aromatic heterocycles. The number of esters is 2. The van der Waals surface area contributed by atoms with Crippen LogP contribution in [0.1, 0.15) is 44.3 Å². The molecular weight excluding hydrogens is 392 g/mol. The predicted octanol–water partition coefficient (Wildman–Crippen LogP) is 3.96. The summed E-state index contributed by atoms with van der Waals surface area (Å²) in [6, 6.07) is 3.96. The number of hydrogen-bond donors (Lipinski definition) is 2. The van der Waals surface area contributed by atoms with Crippen molar-refractivity contribution in [1.29, 1.82) is 0 Å². The molecule has 0 spiro atoms. The number of hydrogen-bond acceptors (Lipinski definition) is 7. The molecule has 2 N–H and O–H groups in total. The van der Waals surface area contributed by atoms with Gasteiger partial charge in [0.15, 0.2) is 5.11 Å². The van der Waals surface area contributed by atoms with Gasteiger partial charge in [0, 0.05) is 4.88 Å². The summed E-state index contributed by atoms with van der Waals surface area (Å²) in [6.45, 7) is 6.23. The molecule has 26 heavy (non-hydrogen) atoms. The highest BCUT2D eigenvalue weighted by molar-refractivity contribution is 7.80. The zero-order valence-corrected chi connectivity index (χ0v) is 17.2. The normalized spacial score (nSPS) is 10.3. The van der Waals surface area contributed by atoms with Gasteiger partial charge in [-0.15, -0.1) is 22.7 Å².